The smallest absolute Gasteiger partial charge is 0.261 e. The first kappa shape index (κ1) is 24.8. The third kappa shape index (κ3) is 7.08. The molecule has 0 spiro atoms. The maximum Gasteiger partial charge on any atom is 0.261 e. The molecule has 1 aliphatic carbocycles. The number of hydrogen-bond acceptors (Lipinski definition) is 3. The van der Waals surface area contributed by atoms with Crippen molar-refractivity contribution in [2.75, 3.05) is 6.61 Å². The average Bonchev–Trinajstić information content (AvgIpc) is 3.29. The summed E-state index contributed by atoms with van der Waals surface area (Å²) in [6.07, 6.45) is 4.32. The van der Waals surface area contributed by atoms with Crippen molar-refractivity contribution in [3.8, 4) is 5.75 Å². The Hall–Kier alpha value is -2.82. The second-order valence-electron chi connectivity index (χ2n) is 10.2. The molecule has 2 aromatic rings. The predicted molar refractivity (Wildman–Crippen MR) is 132 cm³/mol. The lowest BCUT2D eigenvalue weighted by atomic mass is 9.87. The molecule has 0 aliphatic heterocycles. The summed E-state index contributed by atoms with van der Waals surface area (Å²) < 4.78 is 5.81. The van der Waals surface area contributed by atoms with E-state index in [2.05, 4.69) is 26.1 Å². The van der Waals surface area contributed by atoms with E-state index in [0.717, 1.165) is 36.8 Å². The van der Waals surface area contributed by atoms with E-state index in [9.17, 15) is 9.59 Å². The Morgan fingerprint density at radius 3 is 2.21 bits per heavy atom. The number of rotatable bonds is 8. The number of amides is 2. The first-order valence-electron chi connectivity index (χ1n) is 12.0. The number of carbonyl (C=O) groups excluding carboxylic acids is 2. The Labute approximate surface area is 198 Å². The summed E-state index contributed by atoms with van der Waals surface area (Å²) in [6, 6.07) is 15.5. The first-order valence-corrected chi connectivity index (χ1v) is 12.0. The van der Waals surface area contributed by atoms with Gasteiger partial charge in [0, 0.05) is 12.6 Å². The fourth-order valence-corrected chi connectivity index (χ4v) is 4.14. The zero-order valence-corrected chi connectivity index (χ0v) is 20.7. The van der Waals surface area contributed by atoms with Crippen molar-refractivity contribution in [3.05, 3.63) is 65.2 Å². The molecular formula is C28H38N2O3. The van der Waals surface area contributed by atoms with Crippen LogP contribution in [0.2, 0.25) is 0 Å². The van der Waals surface area contributed by atoms with Gasteiger partial charge in [0.25, 0.3) is 5.91 Å². The number of nitrogens with zero attached hydrogens (tertiary/aromatic N) is 1. The highest BCUT2D eigenvalue weighted by Gasteiger charge is 2.28. The molecule has 1 atom stereocenters. The third-order valence-electron chi connectivity index (χ3n) is 6.43. The molecule has 2 amide bonds. The summed E-state index contributed by atoms with van der Waals surface area (Å²) >= 11 is 0. The summed E-state index contributed by atoms with van der Waals surface area (Å²) in [6.45, 7) is 10.6. The molecule has 33 heavy (non-hydrogen) atoms. The number of aryl methyl sites for hydroxylation is 1. The van der Waals surface area contributed by atoms with Crippen molar-refractivity contribution in [3.63, 3.8) is 0 Å². The van der Waals surface area contributed by atoms with Crippen molar-refractivity contribution >= 4 is 11.8 Å². The molecule has 1 fully saturated rings. The van der Waals surface area contributed by atoms with E-state index in [-0.39, 0.29) is 29.9 Å². The molecule has 5 heteroatoms. The molecule has 3 rings (SSSR count). The van der Waals surface area contributed by atoms with E-state index in [0.29, 0.717) is 12.3 Å². The van der Waals surface area contributed by atoms with E-state index >= 15 is 0 Å². The zero-order chi connectivity index (χ0) is 24.0. The van der Waals surface area contributed by atoms with Gasteiger partial charge in [0.05, 0.1) is 0 Å². The lowest BCUT2D eigenvalue weighted by Gasteiger charge is -2.29. The van der Waals surface area contributed by atoms with Crippen LogP contribution in [0.5, 0.6) is 5.75 Å². The van der Waals surface area contributed by atoms with Gasteiger partial charge in [-0.2, -0.15) is 0 Å². The molecule has 1 saturated carbocycles. The van der Waals surface area contributed by atoms with Crippen LogP contribution in [0.15, 0.2) is 48.5 Å². The maximum absolute atomic E-state index is 13.2. The summed E-state index contributed by atoms with van der Waals surface area (Å²) in [4.78, 5) is 27.8. The van der Waals surface area contributed by atoms with Gasteiger partial charge < -0.3 is 15.0 Å². The molecule has 2 aromatic carbocycles. The van der Waals surface area contributed by atoms with Gasteiger partial charge in [-0.1, -0.05) is 75.6 Å². The van der Waals surface area contributed by atoms with Crippen molar-refractivity contribution in [2.45, 2.75) is 84.3 Å². The van der Waals surface area contributed by atoms with Crippen molar-refractivity contribution in [1.29, 1.82) is 0 Å². The molecule has 0 unspecified atom stereocenters. The van der Waals surface area contributed by atoms with Gasteiger partial charge in [-0.15, -0.1) is 0 Å². The second kappa shape index (κ2) is 10.9. The van der Waals surface area contributed by atoms with Gasteiger partial charge in [0.15, 0.2) is 6.61 Å². The summed E-state index contributed by atoms with van der Waals surface area (Å²) in [5, 5.41) is 3.13. The molecule has 0 bridgehead atoms. The van der Waals surface area contributed by atoms with Crippen LogP contribution in [-0.2, 0) is 21.5 Å². The van der Waals surface area contributed by atoms with Crippen molar-refractivity contribution in [2.24, 2.45) is 0 Å². The molecular weight excluding hydrogens is 412 g/mol. The number of nitrogens with one attached hydrogen (secondary N) is 1. The fraction of sp³-hybridized carbons (Fsp3) is 0.500. The standard InChI is InChI=1S/C28H38N2O3/c1-20-10-12-22(13-11-20)18-30(21(2)27(32)29-24-8-6-7-9-24)26(31)19-33-25-16-14-23(15-17-25)28(3,4)5/h10-17,21,24H,6-9,18-19H2,1-5H3,(H,29,32)/t21-/m1/s1. The molecule has 0 aromatic heterocycles. The van der Waals surface area contributed by atoms with Crippen LogP contribution < -0.4 is 10.1 Å². The minimum Gasteiger partial charge on any atom is -0.484 e. The van der Waals surface area contributed by atoms with Crippen LogP contribution in [-0.4, -0.2) is 35.4 Å². The molecule has 0 saturated heterocycles. The highest BCUT2D eigenvalue weighted by molar-refractivity contribution is 5.88. The fourth-order valence-electron chi connectivity index (χ4n) is 4.14. The molecule has 178 valence electrons. The molecule has 1 aliphatic rings. The monoisotopic (exact) mass is 450 g/mol. The van der Waals surface area contributed by atoms with Crippen LogP contribution in [0.3, 0.4) is 0 Å². The second-order valence-corrected chi connectivity index (χ2v) is 10.2. The predicted octanol–water partition coefficient (Wildman–Crippen LogP) is 5.15. The van der Waals surface area contributed by atoms with Crippen LogP contribution in [0.1, 0.15) is 70.1 Å². The number of benzene rings is 2. The van der Waals surface area contributed by atoms with E-state index < -0.39 is 6.04 Å². The third-order valence-corrected chi connectivity index (χ3v) is 6.43. The van der Waals surface area contributed by atoms with Crippen molar-refractivity contribution in [1.82, 2.24) is 10.2 Å². The minimum atomic E-state index is -0.578. The Balaban J connectivity index is 1.69. The van der Waals surface area contributed by atoms with Crippen LogP contribution in [0, 0.1) is 6.92 Å². The minimum absolute atomic E-state index is 0.0568. The van der Waals surface area contributed by atoms with Crippen molar-refractivity contribution < 1.29 is 14.3 Å². The van der Waals surface area contributed by atoms with Gasteiger partial charge >= 0.3 is 0 Å². The van der Waals surface area contributed by atoms with E-state index in [1.165, 1.54) is 5.56 Å². The van der Waals surface area contributed by atoms with E-state index in [4.69, 9.17) is 4.74 Å². The average molecular weight is 451 g/mol. The lowest BCUT2D eigenvalue weighted by Crippen LogP contribution is -2.50. The number of hydrogen-bond donors (Lipinski definition) is 1. The molecule has 0 radical (unpaired) electrons. The Bertz CT molecular complexity index is 923. The van der Waals surface area contributed by atoms with Crippen LogP contribution in [0.4, 0.5) is 0 Å². The Kier molecular flexibility index (Phi) is 8.17. The quantitative estimate of drug-likeness (QED) is 0.605. The first-order chi connectivity index (χ1) is 15.6. The van der Waals surface area contributed by atoms with E-state index in [1.54, 1.807) is 11.8 Å². The summed E-state index contributed by atoms with van der Waals surface area (Å²) in [7, 11) is 0. The molecule has 0 heterocycles. The maximum atomic E-state index is 13.2. The Morgan fingerprint density at radius 1 is 1.03 bits per heavy atom. The van der Waals surface area contributed by atoms with Gasteiger partial charge in [-0.3, -0.25) is 9.59 Å². The summed E-state index contributed by atoms with van der Waals surface area (Å²) in [5.41, 5.74) is 3.41. The highest BCUT2D eigenvalue weighted by atomic mass is 16.5. The highest BCUT2D eigenvalue weighted by Crippen LogP contribution is 2.24. The van der Waals surface area contributed by atoms with Crippen LogP contribution in [0.25, 0.3) is 0 Å². The summed E-state index contributed by atoms with van der Waals surface area (Å²) in [5.74, 6) is 0.344. The van der Waals surface area contributed by atoms with Gasteiger partial charge in [0.2, 0.25) is 5.91 Å². The largest absolute Gasteiger partial charge is 0.484 e. The number of carbonyl (C=O) groups is 2. The van der Waals surface area contributed by atoms with Gasteiger partial charge in [-0.25, -0.2) is 0 Å². The number of ether oxygens (including phenoxy) is 1. The SMILES string of the molecule is Cc1ccc(CN(C(=O)COc2ccc(C(C)(C)C)cc2)[C@H](C)C(=O)NC2CCCC2)cc1. The van der Waals surface area contributed by atoms with Gasteiger partial charge in [0.1, 0.15) is 11.8 Å². The normalized spacial score (nSPS) is 15.2. The Morgan fingerprint density at radius 2 is 1.64 bits per heavy atom. The van der Waals surface area contributed by atoms with Crippen LogP contribution >= 0.6 is 0 Å². The molecule has 5 nitrogen and oxygen atoms in total. The lowest BCUT2D eigenvalue weighted by molar-refractivity contribution is -0.142. The zero-order valence-electron chi connectivity index (χ0n) is 20.7. The molecule has 1 N–H and O–H groups in total. The van der Waals surface area contributed by atoms with Gasteiger partial charge in [-0.05, 0) is 55.4 Å². The van der Waals surface area contributed by atoms with E-state index in [1.807, 2.05) is 55.5 Å². The topological polar surface area (TPSA) is 58.6 Å².